The molecule has 0 fully saturated rings. The van der Waals surface area contributed by atoms with Crippen LogP contribution in [0.25, 0.3) is 0 Å². The average Bonchev–Trinajstić information content (AvgIpc) is 3.01. The molecule has 0 aliphatic carbocycles. The summed E-state index contributed by atoms with van der Waals surface area (Å²) in [6.07, 6.45) is 11.4. The molecular weight excluding hydrogens is 697 g/mol. The molecule has 0 radical (unpaired) electrons. The number of ether oxygens (including phenoxy) is 2. The molecule has 0 aliphatic heterocycles. The maximum atomic E-state index is 11.7. The first-order valence-corrected chi connectivity index (χ1v) is 18.8. The van der Waals surface area contributed by atoms with Gasteiger partial charge >= 0.3 is 37.7 Å². The molecule has 0 saturated carbocycles. The number of unbranched alkanes of at least 4 members (excludes halogenated alkanes) is 6. The Balaban J connectivity index is 0.000000333. The van der Waals surface area contributed by atoms with Crippen LogP contribution in [-0.4, -0.2) is 68.8 Å². The number of rotatable bonds is 16. The van der Waals surface area contributed by atoms with Gasteiger partial charge in [0.25, 0.3) is 10.1 Å². The van der Waals surface area contributed by atoms with Crippen molar-refractivity contribution in [3.63, 3.8) is 0 Å². The molecule has 0 aliphatic rings. The van der Waals surface area contributed by atoms with Gasteiger partial charge in [-0.05, 0) is 91.4 Å². The summed E-state index contributed by atoms with van der Waals surface area (Å²) >= 11 is 0. The number of hydrogen-bond acceptors (Lipinski definition) is 9. The Morgan fingerprint density at radius 3 is 1.47 bits per heavy atom. The third-order valence-corrected chi connectivity index (χ3v) is 9.08. The van der Waals surface area contributed by atoms with E-state index in [1.165, 1.54) is 56.2 Å². The Kier molecular flexibility index (Phi) is 17.9. The normalized spacial score (nSPS) is 11.2. The van der Waals surface area contributed by atoms with Gasteiger partial charge in [-0.25, -0.2) is 8.42 Å². The van der Waals surface area contributed by atoms with Crippen molar-refractivity contribution >= 4 is 58.0 Å². The Bertz CT molecular complexity index is 1710. The zero-order valence-electron chi connectivity index (χ0n) is 27.8. The molecule has 0 aromatic heterocycles. The van der Waals surface area contributed by atoms with E-state index < -0.39 is 41.5 Å². The molecule has 13 heteroatoms. The van der Waals surface area contributed by atoms with E-state index in [-0.39, 0.29) is 43.5 Å². The first-order valence-electron chi connectivity index (χ1n) is 15.9. The van der Waals surface area contributed by atoms with Gasteiger partial charge in [0, 0.05) is 11.0 Å². The van der Waals surface area contributed by atoms with Gasteiger partial charge in [0.05, 0.1) is 0 Å². The van der Waals surface area contributed by atoms with Crippen molar-refractivity contribution in [3.8, 4) is 34.5 Å². The molecule has 0 atom stereocenters. The monoisotopic (exact) mass is 738 g/mol. The van der Waals surface area contributed by atoms with Crippen molar-refractivity contribution in [2.24, 2.45) is 0 Å². The topological polar surface area (TPSA) is 173 Å². The smallest absolute Gasteiger partial charge is 0.872 e. The van der Waals surface area contributed by atoms with Crippen LogP contribution in [0.2, 0.25) is 0 Å². The summed E-state index contributed by atoms with van der Waals surface area (Å²) in [5.41, 5.74) is 2.31. The van der Waals surface area contributed by atoms with Crippen molar-refractivity contribution in [3.05, 3.63) is 96.1 Å². The van der Waals surface area contributed by atoms with E-state index >= 15 is 0 Å². The van der Waals surface area contributed by atoms with Crippen LogP contribution in [0, 0.1) is 0 Å². The standard InChI is InChI=1S/2C18H22O5S.Ca/c2*1-2-3-4-5-7-14-8-6-9-15(12-14)23-16-10-11-18(17(19)13-16)24(20,21)22;/h2*6,8-13,19H,2-5,7H2,1H3,(H,20,21,22);/q;;+2/p-2. The van der Waals surface area contributed by atoms with E-state index in [2.05, 4.69) is 13.8 Å². The molecule has 4 aromatic rings. The molecule has 260 valence electrons. The summed E-state index contributed by atoms with van der Waals surface area (Å²) in [5.74, 6) is 0.268. The maximum absolute atomic E-state index is 11.7. The second-order valence-electron chi connectivity index (χ2n) is 11.3. The second-order valence-corrected chi connectivity index (χ2v) is 14.0. The van der Waals surface area contributed by atoms with Gasteiger partial charge in [0.1, 0.15) is 43.8 Å². The molecule has 0 unspecified atom stereocenters. The van der Waals surface area contributed by atoms with Crippen molar-refractivity contribution < 1.29 is 45.6 Å². The summed E-state index contributed by atoms with van der Waals surface area (Å²) in [7, 11) is -9.21. The first kappa shape index (κ1) is 42.3. The minimum absolute atomic E-state index is 0. The summed E-state index contributed by atoms with van der Waals surface area (Å²) < 4.78 is 75.1. The maximum Gasteiger partial charge on any atom is 2.00 e. The molecule has 49 heavy (non-hydrogen) atoms. The Hall–Kier alpha value is -2.84. The summed E-state index contributed by atoms with van der Waals surface area (Å²) in [5, 5.41) is 21.4. The molecular formula is C36H42CaO10S2. The van der Waals surface area contributed by atoms with Gasteiger partial charge in [0.15, 0.2) is 0 Å². The van der Waals surface area contributed by atoms with Crippen molar-refractivity contribution in [1.29, 1.82) is 0 Å². The van der Waals surface area contributed by atoms with Gasteiger partial charge < -0.3 is 24.2 Å². The molecule has 4 aromatic carbocycles. The molecule has 2 N–H and O–H groups in total. The largest absolute Gasteiger partial charge is 2.00 e. The fourth-order valence-electron chi connectivity index (χ4n) is 4.85. The van der Waals surface area contributed by atoms with Crippen molar-refractivity contribution in [1.82, 2.24) is 0 Å². The molecule has 4 rings (SSSR count). The fraction of sp³-hybridized carbons (Fsp3) is 0.333. The van der Waals surface area contributed by atoms with E-state index in [1.54, 1.807) is 12.1 Å². The predicted octanol–water partition coefficient (Wildman–Crippen LogP) is 7.75. The van der Waals surface area contributed by atoms with E-state index in [1.807, 2.05) is 36.4 Å². The number of aryl methyl sites for hydroxylation is 2. The molecule has 0 bridgehead atoms. The average molecular weight is 739 g/mol. The van der Waals surface area contributed by atoms with Crippen LogP contribution in [0.5, 0.6) is 34.5 Å². The van der Waals surface area contributed by atoms with Gasteiger partial charge in [0.2, 0.25) is 0 Å². The number of benzene rings is 4. The van der Waals surface area contributed by atoms with Crippen LogP contribution < -0.4 is 14.6 Å². The molecule has 0 heterocycles. The van der Waals surface area contributed by atoms with Gasteiger partial charge in [-0.1, -0.05) is 82.4 Å². The molecule has 0 saturated heterocycles. The summed E-state index contributed by atoms with van der Waals surface area (Å²) in [6.45, 7) is 4.35. The quantitative estimate of drug-likeness (QED) is 0.0657. The van der Waals surface area contributed by atoms with Gasteiger partial charge in [-0.2, -0.15) is 8.42 Å². The Labute approximate surface area is 319 Å². The number of hydrogen-bond donors (Lipinski definition) is 2. The predicted molar refractivity (Wildman–Crippen MR) is 186 cm³/mol. The molecule has 0 spiro atoms. The number of aromatic hydroxyl groups is 1. The van der Waals surface area contributed by atoms with Crippen LogP contribution >= 0.6 is 0 Å². The van der Waals surface area contributed by atoms with Crippen LogP contribution in [0.15, 0.2) is 94.7 Å². The Morgan fingerprint density at radius 1 is 0.612 bits per heavy atom. The van der Waals surface area contributed by atoms with E-state index in [0.717, 1.165) is 55.5 Å². The van der Waals surface area contributed by atoms with Crippen LogP contribution in [0.4, 0.5) is 0 Å². The first-order chi connectivity index (χ1) is 22.8. The van der Waals surface area contributed by atoms with Gasteiger partial charge in [-0.15, -0.1) is 0 Å². The van der Waals surface area contributed by atoms with E-state index in [4.69, 9.17) is 14.0 Å². The minimum Gasteiger partial charge on any atom is -0.872 e. The van der Waals surface area contributed by atoms with Crippen LogP contribution in [-0.2, 0) is 33.1 Å². The Morgan fingerprint density at radius 2 is 1.06 bits per heavy atom. The van der Waals surface area contributed by atoms with Crippen LogP contribution in [0.3, 0.4) is 0 Å². The third-order valence-electron chi connectivity index (χ3n) is 7.30. The summed E-state index contributed by atoms with van der Waals surface area (Å²) in [6, 6.07) is 22.2. The van der Waals surface area contributed by atoms with E-state index in [9.17, 15) is 31.6 Å². The molecule has 0 amide bonds. The van der Waals surface area contributed by atoms with Gasteiger partial charge in [-0.3, -0.25) is 4.55 Å². The third kappa shape index (κ3) is 14.9. The number of phenolic OH excluding ortho intramolecular Hbond substituents is 1. The van der Waals surface area contributed by atoms with Crippen molar-refractivity contribution in [2.45, 2.75) is 87.8 Å². The van der Waals surface area contributed by atoms with Crippen molar-refractivity contribution in [2.75, 3.05) is 0 Å². The fourth-order valence-corrected chi connectivity index (χ4v) is 5.95. The second kappa shape index (κ2) is 20.7. The van der Waals surface area contributed by atoms with E-state index in [0.29, 0.717) is 17.2 Å². The number of phenols is 1. The molecule has 10 nitrogen and oxygen atoms in total. The minimum atomic E-state index is -4.76. The summed E-state index contributed by atoms with van der Waals surface area (Å²) in [4.78, 5) is -1.31. The zero-order chi connectivity index (χ0) is 35.2. The van der Waals surface area contributed by atoms with Crippen LogP contribution in [0.1, 0.15) is 76.3 Å². The zero-order valence-corrected chi connectivity index (χ0v) is 31.7. The SMILES string of the molecule is CCCCCCc1cccc(Oc2ccc(S(=O)(=O)O)c(O)c2)c1.CCCCCCc1cccc(Oc2ccc(S(=O)(=O)[O-])c([O-])c2)c1.[Ca+2].